The Morgan fingerprint density at radius 2 is 2.05 bits per heavy atom. The van der Waals surface area contributed by atoms with Gasteiger partial charge in [0.25, 0.3) is 0 Å². The summed E-state index contributed by atoms with van der Waals surface area (Å²) < 4.78 is 2.24. The molecule has 0 bridgehead atoms. The van der Waals surface area contributed by atoms with Crippen LogP contribution in [-0.2, 0) is 0 Å². The zero-order valence-corrected chi connectivity index (χ0v) is 11.2. The van der Waals surface area contributed by atoms with E-state index in [1.54, 1.807) is 18.6 Å². The maximum absolute atomic E-state index is 12.1. The number of rotatable bonds is 1. The zero-order valence-electron chi connectivity index (χ0n) is 11.2. The average Bonchev–Trinajstić information content (AvgIpc) is 2.97. The van der Waals surface area contributed by atoms with Crippen molar-refractivity contribution in [3.8, 4) is 0 Å². The second kappa shape index (κ2) is 4.44. The van der Waals surface area contributed by atoms with Crippen LogP contribution in [0.15, 0.2) is 29.6 Å². The molecule has 1 fully saturated rings. The summed E-state index contributed by atoms with van der Waals surface area (Å²) in [6.45, 7) is 0. The van der Waals surface area contributed by atoms with E-state index in [2.05, 4.69) is 19.5 Å². The predicted octanol–water partition coefficient (Wildman–Crippen LogP) is 2.78. The second-order valence-corrected chi connectivity index (χ2v) is 5.50. The number of hydrogen-bond donors (Lipinski definition) is 1. The summed E-state index contributed by atoms with van der Waals surface area (Å²) in [4.78, 5) is 23.8. The first-order valence-electron chi connectivity index (χ1n) is 7.17. The first kappa shape index (κ1) is 11.6. The van der Waals surface area contributed by atoms with Crippen LogP contribution in [0.1, 0.15) is 38.1 Å². The third-order valence-corrected chi connectivity index (χ3v) is 4.30. The van der Waals surface area contributed by atoms with E-state index in [9.17, 15) is 4.79 Å². The highest BCUT2D eigenvalue weighted by Crippen LogP contribution is 2.31. The van der Waals surface area contributed by atoms with Crippen molar-refractivity contribution in [2.24, 2.45) is 0 Å². The van der Waals surface area contributed by atoms with E-state index in [-0.39, 0.29) is 5.43 Å². The largest absolute Gasteiger partial charge is 0.342 e. The van der Waals surface area contributed by atoms with Gasteiger partial charge in [0.1, 0.15) is 5.52 Å². The number of fused-ring (bicyclic) bond motifs is 3. The summed E-state index contributed by atoms with van der Waals surface area (Å²) in [6, 6.07) is 2.12. The number of pyridine rings is 2. The highest BCUT2D eigenvalue weighted by atomic mass is 16.1. The van der Waals surface area contributed by atoms with Crippen molar-refractivity contribution in [1.82, 2.24) is 19.5 Å². The molecule has 5 nitrogen and oxygen atoms in total. The number of nitrogens with zero attached hydrogens (tertiary/aromatic N) is 3. The molecule has 0 unspecified atom stereocenters. The third-order valence-electron chi connectivity index (χ3n) is 4.30. The van der Waals surface area contributed by atoms with Crippen LogP contribution in [0.25, 0.3) is 22.1 Å². The molecule has 0 radical (unpaired) electrons. The number of imidazole rings is 1. The van der Waals surface area contributed by atoms with E-state index in [4.69, 9.17) is 0 Å². The van der Waals surface area contributed by atoms with Crippen molar-refractivity contribution in [2.75, 3.05) is 0 Å². The van der Waals surface area contributed by atoms with Crippen molar-refractivity contribution in [3.63, 3.8) is 0 Å². The Morgan fingerprint density at radius 3 is 2.90 bits per heavy atom. The van der Waals surface area contributed by atoms with Gasteiger partial charge in [-0.05, 0) is 12.8 Å². The fourth-order valence-electron chi connectivity index (χ4n) is 3.29. The Kier molecular flexibility index (Phi) is 2.58. The van der Waals surface area contributed by atoms with Gasteiger partial charge in [0.2, 0.25) is 0 Å². The molecule has 0 saturated heterocycles. The highest BCUT2D eigenvalue weighted by molar-refractivity contribution is 5.99. The molecule has 0 spiro atoms. The first-order chi connectivity index (χ1) is 9.84. The van der Waals surface area contributed by atoms with Gasteiger partial charge in [-0.25, -0.2) is 9.97 Å². The summed E-state index contributed by atoms with van der Waals surface area (Å²) >= 11 is 0. The SMILES string of the molecule is O=c1ccn(C2CCCCC2)c2c1cnc1[nH]cnc12. The van der Waals surface area contributed by atoms with Gasteiger partial charge in [0.15, 0.2) is 11.1 Å². The molecule has 0 amide bonds. The van der Waals surface area contributed by atoms with E-state index >= 15 is 0 Å². The maximum atomic E-state index is 12.1. The second-order valence-electron chi connectivity index (χ2n) is 5.50. The van der Waals surface area contributed by atoms with Gasteiger partial charge >= 0.3 is 0 Å². The molecule has 3 aromatic rings. The summed E-state index contributed by atoms with van der Waals surface area (Å²) in [5, 5.41) is 0.665. The van der Waals surface area contributed by atoms with Gasteiger partial charge in [-0.1, -0.05) is 19.3 Å². The molecule has 102 valence electrons. The van der Waals surface area contributed by atoms with Crippen LogP contribution in [0.4, 0.5) is 0 Å². The standard InChI is InChI=1S/C15H16N4O/c20-12-6-7-19(10-4-2-1-3-5-10)14-11(12)8-16-15-13(14)17-9-18-15/h6-10H,1-5H2,(H,16,17,18). The highest BCUT2D eigenvalue weighted by Gasteiger charge is 2.19. The molecular weight excluding hydrogens is 252 g/mol. The molecule has 5 heteroatoms. The molecule has 1 aliphatic carbocycles. The quantitative estimate of drug-likeness (QED) is 0.738. The number of H-pyrrole nitrogens is 1. The van der Waals surface area contributed by atoms with Crippen LogP contribution < -0.4 is 5.43 Å². The number of hydrogen-bond acceptors (Lipinski definition) is 3. The molecule has 0 aliphatic heterocycles. The van der Waals surface area contributed by atoms with Crippen LogP contribution >= 0.6 is 0 Å². The molecule has 1 N–H and O–H groups in total. The zero-order chi connectivity index (χ0) is 13.5. The number of aromatic nitrogens is 4. The lowest BCUT2D eigenvalue weighted by molar-refractivity contribution is 0.360. The fraction of sp³-hybridized carbons (Fsp3) is 0.400. The van der Waals surface area contributed by atoms with Gasteiger partial charge in [0, 0.05) is 24.5 Å². The molecule has 4 rings (SSSR count). The Labute approximate surface area is 115 Å². The van der Waals surface area contributed by atoms with Crippen LogP contribution in [-0.4, -0.2) is 19.5 Å². The van der Waals surface area contributed by atoms with Gasteiger partial charge in [0.05, 0.1) is 17.2 Å². The van der Waals surface area contributed by atoms with Crippen LogP contribution in [0.2, 0.25) is 0 Å². The van der Waals surface area contributed by atoms with Crippen LogP contribution in [0.5, 0.6) is 0 Å². The Morgan fingerprint density at radius 1 is 1.20 bits per heavy atom. The maximum Gasteiger partial charge on any atom is 0.191 e. The monoisotopic (exact) mass is 268 g/mol. The Bertz CT molecular complexity index is 827. The smallest absolute Gasteiger partial charge is 0.191 e. The van der Waals surface area contributed by atoms with E-state index in [1.807, 2.05) is 6.20 Å². The first-order valence-corrected chi connectivity index (χ1v) is 7.17. The lowest BCUT2D eigenvalue weighted by atomic mass is 9.95. The molecule has 20 heavy (non-hydrogen) atoms. The van der Waals surface area contributed by atoms with E-state index in [0.29, 0.717) is 11.4 Å². The van der Waals surface area contributed by atoms with Crippen molar-refractivity contribution in [1.29, 1.82) is 0 Å². The molecular formula is C15H16N4O. The number of nitrogens with one attached hydrogen (secondary N) is 1. The Balaban J connectivity index is 2.06. The topological polar surface area (TPSA) is 63.6 Å². The van der Waals surface area contributed by atoms with Crippen molar-refractivity contribution < 1.29 is 0 Å². The van der Waals surface area contributed by atoms with Gasteiger partial charge < -0.3 is 9.55 Å². The van der Waals surface area contributed by atoms with Gasteiger partial charge in [-0.2, -0.15) is 0 Å². The van der Waals surface area contributed by atoms with Crippen LogP contribution in [0, 0.1) is 0 Å². The van der Waals surface area contributed by atoms with E-state index in [0.717, 1.165) is 16.7 Å². The van der Waals surface area contributed by atoms with Crippen LogP contribution in [0.3, 0.4) is 0 Å². The van der Waals surface area contributed by atoms with E-state index in [1.165, 1.54) is 32.1 Å². The number of aromatic amines is 1. The summed E-state index contributed by atoms with van der Waals surface area (Å²) in [7, 11) is 0. The predicted molar refractivity (Wildman–Crippen MR) is 77.8 cm³/mol. The van der Waals surface area contributed by atoms with E-state index < -0.39 is 0 Å². The summed E-state index contributed by atoms with van der Waals surface area (Å²) in [5.74, 6) is 0. The fourth-order valence-corrected chi connectivity index (χ4v) is 3.29. The third kappa shape index (κ3) is 1.66. The molecule has 1 aliphatic rings. The minimum atomic E-state index is 0.0180. The lowest BCUT2D eigenvalue weighted by Gasteiger charge is -2.26. The average molecular weight is 268 g/mol. The van der Waals surface area contributed by atoms with Gasteiger partial charge in [-0.3, -0.25) is 4.79 Å². The minimum Gasteiger partial charge on any atom is -0.342 e. The minimum absolute atomic E-state index is 0.0180. The van der Waals surface area contributed by atoms with Crippen molar-refractivity contribution >= 4 is 22.1 Å². The van der Waals surface area contributed by atoms with Crippen molar-refractivity contribution in [2.45, 2.75) is 38.1 Å². The summed E-state index contributed by atoms with van der Waals surface area (Å²) in [5.41, 5.74) is 2.48. The molecule has 1 saturated carbocycles. The molecule has 0 aromatic carbocycles. The Hall–Kier alpha value is -2.17. The summed E-state index contributed by atoms with van der Waals surface area (Å²) in [6.07, 6.45) is 11.4. The normalized spacial score (nSPS) is 17.0. The molecule has 3 heterocycles. The molecule has 3 aromatic heterocycles. The molecule has 0 atom stereocenters. The van der Waals surface area contributed by atoms with Crippen molar-refractivity contribution in [3.05, 3.63) is 35.0 Å². The van der Waals surface area contributed by atoms with Gasteiger partial charge in [-0.15, -0.1) is 0 Å². The lowest BCUT2D eigenvalue weighted by Crippen LogP contribution is -2.16.